The molecule has 0 saturated heterocycles. The number of aryl methyl sites for hydroxylation is 1. The van der Waals surface area contributed by atoms with Crippen LogP contribution < -0.4 is 0 Å². The number of hydrogen-bond donors (Lipinski definition) is 0. The quantitative estimate of drug-likeness (QED) is 0.0765. The number of fused-ring (bicyclic) bond motifs is 1. The number of carbonyl (C=O) groups is 3. The second-order valence-electron chi connectivity index (χ2n) is 16.4. The molecule has 6 atom stereocenters. The number of likely N-dealkylation sites (N-methyl/N-ethyl adjacent to an activating group) is 2. The number of nitro groups is 1. The molecule has 1 heterocycles. The second-order valence-corrected chi connectivity index (χ2v) is 16.4. The van der Waals surface area contributed by atoms with Gasteiger partial charge < -0.3 is 23.8 Å². The summed E-state index contributed by atoms with van der Waals surface area (Å²) in [4.78, 5) is 60.4. The summed E-state index contributed by atoms with van der Waals surface area (Å²) >= 11 is 0. The lowest BCUT2D eigenvalue weighted by molar-refractivity contribution is -0.384. The fourth-order valence-corrected chi connectivity index (χ4v) is 9.77. The second kappa shape index (κ2) is 19.5. The van der Waals surface area contributed by atoms with Crippen molar-refractivity contribution in [2.45, 2.75) is 102 Å². The van der Waals surface area contributed by atoms with Crippen LogP contribution in [0.4, 0.5) is 10.1 Å². The molecule has 3 aliphatic rings. The first kappa shape index (κ1) is 44.6. The van der Waals surface area contributed by atoms with Gasteiger partial charge in [-0.15, -0.1) is 0 Å². The van der Waals surface area contributed by atoms with Gasteiger partial charge in [-0.3, -0.25) is 24.8 Å². The number of esters is 3. The monoisotopic (exact) mass is 806 g/mol. The number of rotatable bonds is 16. The summed E-state index contributed by atoms with van der Waals surface area (Å²) in [6.45, 7) is 8.62. The molecule has 2 aromatic carbocycles. The van der Waals surface area contributed by atoms with E-state index >= 15 is 0 Å². The minimum absolute atomic E-state index is 0.0704. The molecule has 2 aromatic rings. The van der Waals surface area contributed by atoms with Crippen LogP contribution in [0.25, 0.3) is 0 Å². The lowest BCUT2D eigenvalue weighted by Gasteiger charge is -2.48. The number of ether oxygens (including phenoxy) is 4. The van der Waals surface area contributed by atoms with E-state index < -0.39 is 40.3 Å². The zero-order valence-electron chi connectivity index (χ0n) is 35.1. The third-order valence-electron chi connectivity index (χ3n) is 12.4. The molecular weight excluding hydrogens is 748 g/mol. The molecule has 0 aromatic heterocycles. The maximum Gasteiger partial charge on any atom is 0.336 e. The van der Waals surface area contributed by atoms with Crippen LogP contribution in [0, 0.1) is 27.8 Å². The molecule has 13 nitrogen and oxygen atoms in total. The Morgan fingerprint density at radius 3 is 2.34 bits per heavy atom. The number of nitrogens with zero attached hydrogens (tertiary/aromatic N) is 4. The van der Waals surface area contributed by atoms with Crippen molar-refractivity contribution < 1.29 is 42.6 Å². The van der Waals surface area contributed by atoms with E-state index in [2.05, 4.69) is 35.7 Å². The summed E-state index contributed by atoms with van der Waals surface area (Å²) < 4.78 is 36.9. The highest BCUT2D eigenvalue weighted by molar-refractivity contribution is 6.07. The van der Waals surface area contributed by atoms with Crippen LogP contribution in [0.1, 0.15) is 94.7 Å². The standard InChI is InChI=1S/C44H59FN4O9/c1-27(2)41-34-17-16-32(45)24-30(34)18-19-44(41,58-37(50)26-55-7)20-21-47(5)35-14-9-10-15-36(35)48(6)22-23-57-43(52)39-29(4)46-28(3)38(42(51)56-8)40(39)31-12-11-13-33(25-31)49(53)54/h11-13,16-17,24-25,27,35-36,38,40-41H,9-10,14-15,18-23,26H2,1-8H3/t35?,36?,38?,40?,41?,44-/m0/s1. The molecule has 1 aliphatic heterocycles. The summed E-state index contributed by atoms with van der Waals surface area (Å²) in [6, 6.07) is 11.2. The first-order chi connectivity index (χ1) is 27.6. The fourth-order valence-electron chi connectivity index (χ4n) is 9.77. The van der Waals surface area contributed by atoms with E-state index in [0.29, 0.717) is 49.3 Å². The molecule has 0 amide bonds. The number of halogens is 1. The van der Waals surface area contributed by atoms with Gasteiger partial charge in [-0.05, 0) is 88.4 Å². The minimum Gasteiger partial charge on any atom is -0.468 e. The third-order valence-corrected chi connectivity index (χ3v) is 12.4. The van der Waals surface area contributed by atoms with Gasteiger partial charge in [0.05, 0.1) is 17.6 Å². The summed E-state index contributed by atoms with van der Waals surface area (Å²) in [7, 11) is 6.88. The van der Waals surface area contributed by atoms with Crippen molar-refractivity contribution in [3.05, 3.63) is 86.4 Å². The molecule has 14 heteroatoms. The average molecular weight is 807 g/mol. The molecule has 1 saturated carbocycles. The van der Waals surface area contributed by atoms with Gasteiger partial charge >= 0.3 is 17.9 Å². The molecule has 58 heavy (non-hydrogen) atoms. The summed E-state index contributed by atoms with van der Waals surface area (Å²) in [5.41, 5.74) is 2.42. The van der Waals surface area contributed by atoms with Crippen molar-refractivity contribution in [2.24, 2.45) is 16.8 Å². The topological polar surface area (TPSA) is 150 Å². The molecule has 5 rings (SSSR count). The van der Waals surface area contributed by atoms with E-state index in [9.17, 15) is 28.9 Å². The number of hydrogen-bond acceptors (Lipinski definition) is 12. The highest BCUT2D eigenvalue weighted by Gasteiger charge is 2.48. The van der Waals surface area contributed by atoms with E-state index in [1.54, 1.807) is 26.0 Å². The number of aliphatic imine (C=N–C) groups is 1. The van der Waals surface area contributed by atoms with E-state index in [1.807, 2.05) is 13.1 Å². The van der Waals surface area contributed by atoms with Crippen LogP contribution >= 0.6 is 0 Å². The Morgan fingerprint density at radius 2 is 1.71 bits per heavy atom. The van der Waals surface area contributed by atoms with Crippen molar-refractivity contribution in [1.82, 2.24) is 9.80 Å². The van der Waals surface area contributed by atoms with Crippen LogP contribution in [0.15, 0.2) is 58.7 Å². The Balaban J connectivity index is 1.30. The number of methoxy groups -OCH3 is 2. The zero-order chi connectivity index (χ0) is 42.3. The molecule has 1 fully saturated rings. The van der Waals surface area contributed by atoms with Gasteiger partial charge in [-0.1, -0.05) is 44.9 Å². The molecule has 0 N–H and O–H groups in total. The molecule has 316 valence electrons. The number of benzene rings is 2. The van der Waals surface area contributed by atoms with E-state index in [0.717, 1.165) is 36.8 Å². The largest absolute Gasteiger partial charge is 0.468 e. The number of non-ortho nitro benzene ring substituents is 1. The van der Waals surface area contributed by atoms with E-state index in [4.69, 9.17) is 18.9 Å². The lowest BCUT2D eigenvalue weighted by atomic mass is 9.65. The van der Waals surface area contributed by atoms with Crippen LogP contribution in [0.2, 0.25) is 0 Å². The molecule has 0 radical (unpaired) electrons. The molecule has 5 unspecified atom stereocenters. The summed E-state index contributed by atoms with van der Waals surface area (Å²) in [6.07, 6.45) is 5.84. The predicted octanol–water partition coefficient (Wildman–Crippen LogP) is 6.78. The number of nitro benzene ring substituents is 1. The number of carbonyl (C=O) groups excluding carboxylic acids is 3. The van der Waals surface area contributed by atoms with Crippen molar-refractivity contribution >= 4 is 29.3 Å². The van der Waals surface area contributed by atoms with Crippen LogP contribution in [-0.2, 0) is 39.8 Å². The van der Waals surface area contributed by atoms with Crippen molar-refractivity contribution in [2.75, 3.05) is 54.6 Å². The molecular formula is C44H59FN4O9. The fraction of sp³-hybridized carbons (Fsp3) is 0.591. The lowest BCUT2D eigenvalue weighted by Crippen LogP contribution is -2.54. The normalized spacial score (nSPS) is 24.7. The van der Waals surface area contributed by atoms with Gasteiger partial charge in [0.25, 0.3) is 5.69 Å². The SMILES string of the molecule is COCC(=O)O[C@]1(CCN(C)C2CCCCC2N(C)CCOC(=O)C2=C(C)N=C(C)C(C(=O)OC)C2c2cccc([N+](=O)[O-])c2)CCc2cc(F)ccc2C1C(C)C. The Bertz CT molecular complexity index is 1900. The highest BCUT2D eigenvalue weighted by Crippen LogP contribution is 2.48. The van der Waals surface area contributed by atoms with Gasteiger partial charge in [0.15, 0.2) is 0 Å². The van der Waals surface area contributed by atoms with Gasteiger partial charge in [-0.25, -0.2) is 14.0 Å². The minimum atomic E-state index is -0.968. The van der Waals surface area contributed by atoms with E-state index in [1.165, 1.54) is 38.5 Å². The maximum atomic E-state index is 14.3. The summed E-state index contributed by atoms with van der Waals surface area (Å²) in [5, 5.41) is 11.7. The Morgan fingerprint density at radius 1 is 1.02 bits per heavy atom. The molecule has 0 bridgehead atoms. The van der Waals surface area contributed by atoms with Crippen LogP contribution in [0.5, 0.6) is 0 Å². The van der Waals surface area contributed by atoms with Crippen molar-refractivity contribution in [1.29, 1.82) is 0 Å². The molecule has 2 aliphatic carbocycles. The Labute approximate surface area is 341 Å². The van der Waals surface area contributed by atoms with Gasteiger partial charge in [0, 0.05) is 74.1 Å². The zero-order valence-corrected chi connectivity index (χ0v) is 35.1. The smallest absolute Gasteiger partial charge is 0.336 e. The number of allylic oxidation sites excluding steroid dienone is 1. The van der Waals surface area contributed by atoms with Crippen LogP contribution in [0.3, 0.4) is 0 Å². The maximum absolute atomic E-state index is 14.3. The van der Waals surface area contributed by atoms with Crippen molar-refractivity contribution in [3.8, 4) is 0 Å². The predicted molar refractivity (Wildman–Crippen MR) is 217 cm³/mol. The first-order valence-electron chi connectivity index (χ1n) is 20.3. The first-order valence-corrected chi connectivity index (χ1v) is 20.3. The van der Waals surface area contributed by atoms with Crippen molar-refractivity contribution in [3.63, 3.8) is 0 Å². The third kappa shape index (κ3) is 9.83. The Kier molecular flexibility index (Phi) is 15.0. The van der Waals surface area contributed by atoms with E-state index in [-0.39, 0.29) is 54.2 Å². The summed E-state index contributed by atoms with van der Waals surface area (Å²) in [5.74, 6) is -3.79. The Hall–Kier alpha value is -4.53. The van der Waals surface area contributed by atoms with Gasteiger partial charge in [0.2, 0.25) is 0 Å². The van der Waals surface area contributed by atoms with Crippen LogP contribution in [-0.4, -0.2) is 111 Å². The average Bonchev–Trinajstić information content (AvgIpc) is 3.19. The van der Waals surface area contributed by atoms with Gasteiger partial charge in [0.1, 0.15) is 30.5 Å². The highest BCUT2D eigenvalue weighted by atomic mass is 19.1. The van der Waals surface area contributed by atoms with Gasteiger partial charge in [-0.2, -0.15) is 0 Å². The molecule has 0 spiro atoms.